The molecule has 0 radical (unpaired) electrons. The molecular formula is C17H18N2O3. The molecule has 0 aliphatic heterocycles. The van der Waals surface area contributed by atoms with Crippen molar-refractivity contribution in [1.82, 2.24) is 10.6 Å². The molecule has 22 heavy (non-hydrogen) atoms. The van der Waals surface area contributed by atoms with E-state index in [4.69, 9.17) is 4.42 Å². The van der Waals surface area contributed by atoms with Crippen molar-refractivity contribution in [2.24, 2.45) is 0 Å². The number of carbonyl (C=O) groups is 2. The van der Waals surface area contributed by atoms with E-state index in [1.807, 2.05) is 31.2 Å². The summed E-state index contributed by atoms with van der Waals surface area (Å²) in [5.74, 6) is -0.242. The Balaban J connectivity index is 1.69. The maximum Gasteiger partial charge on any atom is 0.287 e. The molecule has 2 N–H and O–H groups in total. The van der Waals surface area contributed by atoms with Gasteiger partial charge in [-0.05, 0) is 30.7 Å². The number of hydrogen-bond acceptors (Lipinski definition) is 3. The highest BCUT2D eigenvalue weighted by atomic mass is 16.3. The number of aryl methyl sites for hydroxylation is 1. The highest BCUT2D eigenvalue weighted by Gasteiger charge is 2.06. The van der Waals surface area contributed by atoms with Gasteiger partial charge >= 0.3 is 0 Å². The monoisotopic (exact) mass is 298 g/mol. The molecule has 2 amide bonds. The van der Waals surface area contributed by atoms with Crippen molar-refractivity contribution in [1.29, 1.82) is 0 Å². The van der Waals surface area contributed by atoms with Crippen LogP contribution in [0.5, 0.6) is 0 Å². The molecule has 0 saturated carbocycles. The summed E-state index contributed by atoms with van der Waals surface area (Å²) in [6.07, 6.45) is 4.67. The van der Waals surface area contributed by atoms with E-state index < -0.39 is 0 Å². The number of amides is 2. The van der Waals surface area contributed by atoms with E-state index in [-0.39, 0.29) is 17.6 Å². The maximum absolute atomic E-state index is 11.6. The van der Waals surface area contributed by atoms with Gasteiger partial charge in [-0.2, -0.15) is 0 Å². The molecule has 0 bridgehead atoms. The summed E-state index contributed by atoms with van der Waals surface area (Å²) in [5, 5.41) is 5.35. The van der Waals surface area contributed by atoms with Crippen LogP contribution in [0.2, 0.25) is 0 Å². The first kappa shape index (κ1) is 15.6. The molecular weight excluding hydrogens is 280 g/mol. The van der Waals surface area contributed by atoms with Gasteiger partial charge in [-0.3, -0.25) is 9.59 Å². The van der Waals surface area contributed by atoms with Gasteiger partial charge in [0.1, 0.15) is 0 Å². The molecule has 1 aromatic heterocycles. The Bertz CT molecular complexity index is 660. The highest BCUT2D eigenvalue weighted by Crippen LogP contribution is 2.05. The third-order valence-electron chi connectivity index (χ3n) is 2.92. The molecule has 0 aliphatic carbocycles. The van der Waals surface area contributed by atoms with Gasteiger partial charge in [-0.25, -0.2) is 0 Å². The smallest absolute Gasteiger partial charge is 0.287 e. The van der Waals surface area contributed by atoms with Crippen LogP contribution in [0, 0.1) is 6.92 Å². The van der Waals surface area contributed by atoms with Crippen molar-refractivity contribution in [2.75, 3.05) is 13.1 Å². The summed E-state index contributed by atoms with van der Waals surface area (Å²) in [6, 6.07) is 11.1. The molecule has 0 fully saturated rings. The molecule has 1 aromatic carbocycles. The Morgan fingerprint density at radius 2 is 1.95 bits per heavy atom. The van der Waals surface area contributed by atoms with Gasteiger partial charge in [0.15, 0.2) is 5.76 Å². The summed E-state index contributed by atoms with van der Waals surface area (Å²) in [6.45, 7) is 2.69. The molecule has 0 aliphatic rings. The van der Waals surface area contributed by atoms with Crippen LogP contribution in [0.1, 0.15) is 21.7 Å². The average Bonchev–Trinajstić information content (AvgIpc) is 3.04. The minimum atomic E-state index is -0.297. The van der Waals surface area contributed by atoms with E-state index in [1.54, 1.807) is 18.2 Å². The number of furan rings is 1. The van der Waals surface area contributed by atoms with Crippen LogP contribution >= 0.6 is 0 Å². The summed E-state index contributed by atoms with van der Waals surface area (Å²) >= 11 is 0. The third kappa shape index (κ3) is 4.94. The van der Waals surface area contributed by atoms with Crippen molar-refractivity contribution < 1.29 is 14.0 Å². The SMILES string of the molecule is Cc1cccc(/C=C/C(=O)NCCNC(=O)c2ccco2)c1. The standard InChI is InChI=1S/C17H18N2O3/c1-13-4-2-5-14(12-13)7-8-16(20)18-9-10-19-17(21)15-6-3-11-22-15/h2-8,11-12H,9-10H2,1H3,(H,18,20)(H,19,21)/b8-7+. The fraction of sp³-hybridized carbons (Fsp3) is 0.176. The fourth-order valence-electron chi connectivity index (χ4n) is 1.86. The van der Waals surface area contributed by atoms with Crippen LogP contribution in [0.25, 0.3) is 6.08 Å². The first-order chi connectivity index (χ1) is 10.6. The lowest BCUT2D eigenvalue weighted by Gasteiger charge is -2.04. The quantitative estimate of drug-likeness (QED) is 0.634. The van der Waals surface area contributed by atoms with Crippen molar-refractivity contribution in [2.45, 2.75) is 6.92 Å². The second kappa shape index (κ2) is 7.83. The van der Waals surface area contributed by atoms with E-state index >= 15 is 0 Å². The van der Waals surface area contributed by atoms with Gasteiger partial charge in [0.05, 0.1) is 6.26 Å². The molecule has 2 aromatic rings. The van der Waals surface area contributed by atoms with Crippen LogP contribution in [0.4, 0.5) is 0 Å². The van der Waals surface area contributed by atoms with Crippen LogP contribution in [-0.4, -0.2) is 24.9 Å². The number of carbonyl (C=O) groups excluding carboxylic acids is 2. The normalized spacial score (nSPS) is 10.6. The Kier molecular flexibility index (Phi) is 5.54. The Hall–Kier alpha value is -2.82. The second-order valence-electron chi connectivity index (χ2n) is 4.77. The summed E-state index contributed by atoms with van der Waals surface area (Å²) in [4.78, 5) is 23.2. The van der Waals surface area contributed by atoms with Crippen LogP contribution in [-0.2, 0) is 4.79 Å². The van der Waals surface area contributed by atoms with Crippen molar-refractivity contribution in [3.8, 4) is 0 Å². The molecule has 0 saturated heterocycles. The highest BCUT2D eigenvalue weighted by molar-refractivity contribution is 5.92. The van der Waals surface area contributed by atoms with Gasteiger partial charge < -0.3 is 15.1 Å². The number of rotatable bonds is 6. The molecule has 0 unspecified atom stereocenters. The number of benzene rings is 1. The fourth-order valence-corrected chi connectivity index (χ4v) is 1.86. The summed E-state index contributed by atoms with van der Waals surface area (Å²) < 4.78 is 4.96. The van der Waals surface area contributed by atoms with Crippen LogP contribution < -0.4 is 10.6 Å². The number of nitrogens with one attached hydrogen (secondary N) is 2. The third-order valence-corrected chi connectivity index (χ3v) is 2.92. The Labute approximate surface area is 129 Å². The summed E-state index contributed by atoms with van der Waals surface area (Å²) in [5.41, 5.74) is 2.12. The van der Waals surface area contributed by atoms with E-state index in [0.29, 0.717) is 13.1 Å². The van der Waals surface area contributed by atoms with Crippen molar-refractivity contribution in [3.63, 3.8) is 0 Å². The van der Waals surface area contributed by atoms with Gasteiger partial charge in [0, 0.05) is 19.2 Å². The van der Waals surface area contributed by atoms with Crippen LogP contribution in [0.3, 0.4) is 0 Å². The zero-order valence-electron chi connectivity index (χ0n) is 12.3. The molecule has 5 heteroatoms. The average molecular weight is 298 g/mol. The molecule has 5 nitrogen and oxygen atoms in total. The molecule has 2 rings (SSSR count). The molecule has 114 valence electrons. The first-order valence-corrected chi connectivity index (χ1v) is 6.99. The van der Waals surface area contributed by atoms with Gasteiger partial charge in [-0.1, -0.05) is 29.8 Å². The lowest BCUT2D eigenvalue weighted by molar-refractivity contribution is -0.116. The van der Waals surface area contributed by atoms with Gasteiger partial charge in [0.25, 0.3) is 5.91 Å². The minimum Gasteiger partial charge on any atom is -0.459 e. The lowest BCUT2D eigenvalue weighted by Crippen LogP contribution is -2.33. The zero-order valence-corrected chi connectivity index (χ0v) is 12.3. The van der Waals surface area contributed by atoms with E-state index in [0.717, 1.165) is 11.1 Å². The molecule has 0 spiro atoms. The number of hydrogen-bond donors (Lipinski definition) is 2. The molecule has 1 heterocycles. The molecule has 0 atom stereocenters. The predicted molar refractivity (Wildman–Crippen MR) is 84.3 cm³/mol. The largest absolute Gasteiger partial charge is 0.459 e. The first-order valence-electron chi connectivity index (χ1n) is 6.99. The maximum atomic E-state index is 11.6. The van der Waals surface area contributed by atoms with Crippen molar-refractivity contribution in [3.05, 3.63) is 65.6 Å². The van der Waals surface area contributed by atoms with Crippen LogP contribution in [0.15, 0.2) is 53.2 Å². The van der Waals surface area contributed by atoms with E-state index in [2.05, 4.69) is 10.6 Å². The Morgan fingerprint density at radius 3 is 2.68 bits per heavy atom. The zero-order chi connectivity index (χ0) is 15.8. The lowest BCUT2D eigenvalue weighted by atomic mass is 10.1. The van der Waals surface area contributed by atoms with E-state index in [9.17, 15) is 9.59 Å². The van der Waals surface area contributed by atoms with Gasteiger partial charge in [-0.15, -0.1) is 0 Å². The second-order valence-corrected chi connectivity index (χ2v) is 4.77. The summed E-state index contributed by atoms with van der Waals surface area (Å²) in [7, 11) is 0. The topological polar surface area (TPSA) is 71.3 Å². The van der Waals surface area contributed by atoms with Crippen molar-refractivity contribution >= 4 is 17.9 Å². The Morgan fingerprint density at radius 1 is 1.14 bits per heavy atom. The van der Waals surface area contributed by atoms with Gasteiger partial charge in [0.2, 0.25) is 5.91 Å². The minimum absolute atomic E-state index is 0.200. The van der Waals surface area contributed by atoms with E-state index in [1.165, 1.54) is 12.3 Å². The predicted octanol–water partition coefficient (Wildman–Crippen LogP) is 2.15.